The third-order valence-corrected chi connectivity index (χ3v) is 3.11. The predicted molar refractivity (Wildman–Crippen MR) is 79.9 cm³/mol. The Morgan fingerprint density at radius 2 is 1.74 bits per heavy atom. The van der Waals surface area contributed by atoms with Crippen LogP contribution in [0.15, 0.2) is 42.5 Å². The molecule has 0 heterocycles. The van der Waals surface area contributed by atoms with E-state index in [-0.39, 0.29) is 17.9 Å². The smallest absolute Gasteiger partial charge is 0.338 e. The highest BCUT2D eigenvalue weighted by Crippen LogP contribution is 2.18. The number of carbonyl (C=O) groups excluding carboxylic acids is 2. The first-order valence-corrected chi connectivity index (χ1v) is 6.73. The average Bonchev–Trinajstić information content (AvgIpc) is 2.59. The van der Waals surface area contributed by atoms with E-state index in [9.17, 15) is 14.0 Å². The van der Waals surface area contributed by atoms with Gasteiger partial charge in [-0.2, -0.15) is 0 Å². The lowest BCUT2D eigenvalue weighted by Crippen LogP contribution is -2.07. The Hall–Kier alpha value is -2.89. The molecule has 23 heavy (non-hydrogen) atoms. The minimum absolute atomic E-state index is 0.0443. The van der Waals surface area contributed by atoms with Crippen molar-refractivity contribution in [2.24, 2.45) is 0 Å². The molecule has 0 spiro atoms. The van der Waals surface area contributed by atoms with Crippen LogP contribution < -0.4 is 4.74 Å². The van der Waals surface area contributed by atoms with Crippen LogP contribution in [0.3, 0.4) is 0 Å². The fourth-order valence-electron chi connectivity index (χ4n) is 1.93. The van der Waals surface area contributed by atoms with Crippen LogP contribution in [0, 0.1) is 5.82 Å². The summed E-state index contributed by atoms with van der Waals surface area (Å²) in [6.07, 6.45) is 0. The van der Waals surface area contributed by atoms with Gasteiger partial charge in [-0.1, -0.05) is 12.1 Å². The van der Waals surface area contributed by atoms with Crippen LogP contribution in [-0.2, 0) is 16.1 Å². The Morgan fingerprint density at radius 3 is 2.39 bits per heavy atom. The molecule has 0 unspecified atom stereocenters. The summed E-state index contributed by atoms with van der Waals surface area (Å²) in [6, 6.07) is 10.3. The summed E-state index contributed by atoms with van der Waals surface area (Å²) in [5.74, 6) is -1.74. The van der Waals surface area contributed by atoms with Gasteiger partial charge in [-0.15, -0.1) is 0 Å². The van der Waals surface area contributed by atoms with Crippen molar-refractivity contribution in [1.29, 1.82) is 0 Å². The predicted octanol–water partition coefficient (Wildman–Crippen LogP) is 2.98. The summed E-state index contributed by atoms with van der Waals surface area (Å²) in [5.41, 5.74) is 1.05. The maximum absolute atomic E-state index is 13.6. The molecule has 0 N–H and O–H groups in total. The van der Waals surface area contributed by atoms with Gasteiger partial charge in [-0.3, -0.25) is 0 Å². The standard InChI is InChI=1S/C17H15FO5/c1-21-15-7-6-13(9-14(15)18)17(20)23-10-11-4-3-5-12(8-11)16(19)22-2/h3-9H,10H2,1-2H3. The molecule has 2 aromatic rings. The monoisotopic (exact) mass is 318 g/mol. The lowest BCUT2D eigenvalue weighted by Gasteiger charge is -2.07. The van der Waals surface area contributed by atoms with Crippen LogP contribution in [0.25, 0.3) is 0 Å². The minimum atomic E-state index is -0.671. The molecule has 0 amide bonds. The first-order chi connectivity index (χ1) is 11.0. The van der Waals surface area contributed by atoms with Gasteiger partial charge in [0.05, 0.1) is 25.3 Å². The van der Waals surface area contributed by atoms with E-state index in [4.69, 9.17) is 9.47 Å². The number of hydrogen-bond donors (Lipinski definition) is 0. The molecular formula is C17H15FO5. The van der Waals surface area contributed by atoms with Crippen molar-refractivity contribution >= 4 is 11.9 Å². The molecule has 0 aliphatic heterocycles. The minimum Gasteiger partial charge on any atom is -0.494 e. The molecule has 5 nitrogen and oxygen atoms in total. The summed E-state index contributed by atoms with van der Waals surface area (Å²) in [5, 5.41) is 0. The van der Waals surface area contributed by atoms with E-state index in [2.05, 4.69) is 4.74 Å². The second-order valence-electron chi connectivity index (χ2n) is 4.62. The fourth-order valence-corrected chi connectivity index (χ4v) is 1.93. The van der Waals surface area contributed by atoms with E-state index in [0.717, 1.165) is 6.07 Å². The Labute approximate surface area is 132 Å². The summed E-state index contributed by atoms with van der Waals surface area (Å²) >= 11 is 0. The summed E-state index contributed by atoms with van der Waals surface area (Å²) in [4.78, 5) is 23.4. The van der Waals surface area contributed by atoms with Gasteiger partial charge in [-0.25, -0.2) is 14.0 Å². The average molecular weight is 318 g/mol. The van der Waals surface area contributed by atoms with E-state index >= 15 is 0 Å². The number of halogens is 1. The fraction of sp³-hybridized carbons (Fsp3) is 0.176. The molecule has 0 fully saturated rings. The van der Waals surface area contributed by atoms with E-state index in [0.29, 0.717) is 11.1 Å². The zero-order chi connectivity index (χ0) is 16.8. The second-order valence-corrected chi connectivity index (χ2v) is 4.62. The summed E-state index contributed by atoms with van der Waals surface area (Å²) < 4.78 is 28.1. The Morgan fingerprint density at radius 1 is 1.00 bits per heavy atom. The quantitative estimate of drug-likeness (QED) is 0.793. The first kappa shape index (κ1) is 16.5. The van der Waals surface area contributed by atoms with Crippen molar-refractivity contribution in [1.82, 2.24) is 0 Å². The third kappa shape index (κ3) is 4.06. The maximum Gasteiger partial charge on any atom is 0.338 e. The Bertz CT molecular complexity index is 727. The Kier molecular flexibility index (Phi) is 5.30. The number of carbonyl (C=O) groups is 2. The highest BCUT2D eigenvalue weighted by Gasteiger charge is 2.12. The molecule has 6 heteroatoms. The number of ether oxygens (including phenoxy) is 3. The van der Waals surface area contributed by atoms with Crippen LogP contribution in [0.4, 0.5) is 4.39 Å². The van der Waals surface area contributed by atoms with Gasteiger partial charge in [0.15, 0.2) is 11.6 Å². The van der Waals surface area contributed by atoms with Crippen molar-refractivity contribution < 1.29 is 28.2 Å². The van der Waals surface area contributed by atoms with Gasteiger partial charge in [-0.05, 0) is 35.9 Å². The van der Waals surface area contributed by atoms with Gasteiger partial charge in [0, 0.05) is 0 Å². The van der Waals surface area contributed by atoms with Crippen LogP contribution >= 0.6 is 0 Å². The van der Waals surface area contributed by atoms with Crippen LogP contribution in [0.1, 0.15) is 26.3 Å². The molecule has 0 aliphatic carbocycles. The van der Waals surface area contributed by atoms with Crippen molar-refractivity contribution in [3.05, 3.63) is 65.0 Å². The zero-order valence-corrected chi connectivity index (χ0v) is 12.7. The normalized spacial score (nSPS) is 10.0. The number of rotatable bonds is 5. The molecule has 120 valence electrons. The number of esters is 2. The van der Waals surface area contributed by atoms with E-state index in [1.165, 1.54) is 26.4 Å². The highest BCUT2D eigenvalue weighted by molar-refractivity contribution is 5.90. The molecule has 0 saturated carbocycles. The van der Waals surface area contributed by atoms with E-state index in [1.54, 1.807) is 24.3 Å². The molecule has 0 radical (unpaired) electrons. The molecular weight excluding hydrogens is 303 g/mol. The lowest BCUT2D eigenvalue weighted by molar-refractivity contribution is 0.0472. The molecule has 2 aromatic carbocycles. The molecule has 2 rings (SSSR count). The van der Waals surface area contributed by atoms with E-state index < -0.39 is 17.8 Å². The maximum atomic E-state index is 13.6. The second kappa shape index (κ2) is 7.40. The van der Waals surface area contributed by atoms with Gasteiger partial charge >= 0.3 is 11.9 Å². The van der Waals surface area contributed by atoms with E-state index in [1.807, 2.05) is 0 Å². The van der Waals surface area contributed by atoms with Gasteiger partial charge in [0.2, 0.25) is 0 Å². The molecule has 0 aliphatic rings. The number of hydrogen-bond acceptors (Lipinski definition) is 5. The Balaban J connectivity index is 2.04. The number of benzene rings is 2. The molecule has 0 atom stereocenters. The molecule has 0 aromatic heterocycles. The molecule has 0 saturated heterocycles. The van der Waals surface area contributed by atoms with Gasteiger partial charge < -0.3 is 14.2 Å². The lowest BCUT2D eigenvalue weighted by atomic mass is 10.1. The SMILES string of the molecule is COC(=O)c1cccc(COC(=O)c2ccc(OC)c(F)c2)c1. The van der Waals surface area contributed by atoms with Gasteiger partial charge in [0.1, 0.15) is 6.61 Å². The van der Waals surface area contributed by atoms with Crippen molar-refractivity contribution in [2.45, 2.75) is 6.61 Å². The largest absolute Gasteiger partial charge is 0.494 e. The van der Waals surface area contributed by atoms with Crippen LogP contribution in [0.5, 0.6) is 5.75 Å². The van der Waals surface area contributed by atoms with Crippen molar-refractivity contribution in [2.75, 3.05) is 14.2 Å². The van der Waals surface area contributed by atoms with Crippen LogP contribution in [-0.4, -0.2) is 26.2 Å². The van der Waals surface area contributed by atoms with Crippen molar-refractivity contribution in [3.8, 4) is 5.75 Å². The highest BCUT2D eigenvalue weighted by atomic mass is 19.1. The topological polar surface area (TPSA) is 61.8 Å². The first-order valence-electron chi connectivity index (χ1n) is 6.73. The van der Waals surface area contributed by atoms with Crippen LogP contribution in [0.2, 0.25) is 0 Å². The molecule has 0 bridgehead atoms. The summed E-state index contributed by atoms with van der Waals surface area (Å²) in [6.45, 7) is -0.0443. The third-order valence-electron chi connectivity index (χ3n) is 3.11. The zero-order valence-electron chi connectivity index (χ0n) is 12.7. The summed E-state index contributed by atoms with van der Waals surface area (Å²) in [7, 11) is 2.62. The number of methoxy groups -OCH3 is 2. The van der Waals surface area contributed by atoms with Gasteiger partial charge in [0.25, 0.3) is 0 Å². The van der Waals surface area contributed by atoms with Crippen molar-refractivity contribution in [3.63, 3.8) is 0 Å².